The molecule has 0 aromatic rings. The van der Waals surface area contributed by atoms with Crippen LogP contribution in [-0.4, -0.2) is 36.6 Å². The first kappa shape index (κ1) is 17.3. The lowest BCUT2D eigenvalue weighted by Gasteiger charge is -2.46. The van der Waals surface area contributed by atoms with Crippen molar-refractivity contribution in [3.8, 4) is 0 Å². The monoisotopic (exact) mass is 294 g/mol. The van der Waals surface area contributed by atoms with Gasteiger partial charge in [0.15, 0.2) is 0 Å². The number of hydrogen-bond donors (Lipinski definition) is 1. The van der Waals surface area contributed by atoms with E-state index in [-0.39, 0.29) is 0 Å². The predicted octanol–water partition coefficient (Wildman–Crippen LogP) is 4.30. The van der Waals surface area contributed by atoms with Crippen LogP contribution in [-0.2, 0) is 0 Å². The van der Waals surface area contributed by atoms with Crippen molar-refractivity contribution in [2.45, 2.75) is 85.2 Å². The van der Waals surface area contributed by atoms with Gasteiger partial charge in [-0.25, -0.2) is 0 Å². The quantitative estimate of drug-likeness (QED) is 0.785. The number of nitrogens with zero attached hydrogens (tertiary/aromatic N) is 1. The molecule has 2 nitrogen and oxygen atoms in total. The zero-order chi connectivity index (χ0) is 15.5. The molecule has 0 bridgehead atoms. The Morgan fingerprint density at radius 3 is 2.38 bits per heavy atom. The second-order valence-electron chi connectivity index (χ2n) is 9.24. The highest BCUT2D eigenvalue weighted by Gasteiger charge is 2.34. The minimum absolute atomic E-state index is 0.468. The van der Waals surface area contributed by atoms with Crippen LogP contribution in [0.4, 0.5) is 0 Å². The van der Waals surface area contributed by atoms with Crippen molar-refractivity contribution in [2.75, 3.05) is 19.6 Å². The maximum Gasteiger partial charge on any atom is 0.0198 e. The molecule has 1 saturated carbocycles. The lowest BCUT2D eigenvalue weighted by Crippen LogP contribution is -2.54. The van der Waals surface area contributed by atoms with Gasteiger partial charge in [0.25, 0.3) is 0 Å². The van der Waals surface area contributed by atoms with Crippen LogP contribution in [0.5, 0.6) is 0 Å². The fourth-order valence-electron chi connectivity index (χ4n) is 4.03. The maximum absolute atomic E-state index is 3.86. The molecule has 1 aliphatic carbocycles. The van der Waals surface area contributed by atoms with Crippen molar-refractivity contribution < 1.29 is 0 Å². The Balaban J connectivity index is 1.86. The average molecular weight is 295 g/mol. The molecule has 21 heavy (non-hydrogen) atoms. The van der Waals surface area contributed by atoms with E-state index in [4.69, 9.17) is 0 Å². The van der Waals surface area contributed by atoms with Crippen LogP contribution in [0, 0.1) is 17.3 Å². The fraction of sp³-hybridized carbons (Fsp3) is 1.00. The van der Waals surface area contributed by atoms with E-state index < -0.39 is 0 Å². The maximum atomic E-state index is 3.86. The van der Waals surface area contributed by atoms with Crippen LogP contribution < -0.4 is 5.32 Å². The van der Waals surface area contributed by atoms with E-state index in [0.29, 0.717) is 5.41 Å². The third-order valence-electron chi connectivity index (χ3n) is 5.21. The average Bonchev–Trinajstić information content (AvgIpc) is 2.22. The van der Waals surface area contributed by atoms with Gasteiger partial charge < -0.3 is 5.32 Å². The van der Waals surface area contributed by atoms with Gasteiger partial charge in [0.05, 0.1) is 0 Å². The molecule has 2 fully saturated rings. The van der Waals surface area contributed by atoms with Gasteiger partial charge in [-0.05, 0) is 55.9 Å². The minimum Gasteiger partial charge on any atom is -0.313 e. The van der Waals surface area contributed by atoms with E-state index in [0.717, 1.165) is 23.9 Å². The molecule has 0 amide bonds. The molecular weight excluding hydrogens is 256 g/mol. The van der Waals surface area contributed by atoms with Gasteiger partial charge in [0.1, 0.15) is 0 Å². The van der Waals surface area contributed by atoms with Crippen LogP contribution in [0.1, 0.15) is 73.1 Å². The van der Waals surface area contributed by atoms with E-state index in [1.54, 1.807) is 0 Å². The second kappa shape index (κ2) is 7.46. The van der Waals surface area contributed by atoms with Gasteiger partial charge in [-0.1, -0.05) is 41.0 Å². The van der Waals surface area contributed by atoms with E-state index in [9.17, 15) is 0 Å². The molecule has 0 aromatic carbocycles. The lowest BCUT2D eigenvalue weighted by molar-refractivity contribution is 0.0460. The molecule has 2 aliphatic rings. The Morgan fingerprint density at radius 1 is 1.14 bits per heavy atom. The fourth-order valence-corrected chi connectivity index (χ4v) is 4.03. The Labute approximate surface area is 133 Å². The number of likely N-dealkylation sites (tertiary alicyclic amines) is 1. The topological polar surface area (TPSA) is 15.3 Å². The van der Waals surface area contributed by atoms with E-state index >= 15 is 0 Å². The molecule has 2 heteroatoms. The van der Waals surface area contributed by atoms with Crippen molar-refractivity contribution in [3.05, 3.63) is 0 Å². The van der Waals surface area contributed by atoms with Gasteiger partial charge in [-0.3, -0.25) is 4.90 Å². The van der Waals surface area contributed by atoms with Crippen molar-refractivity contribution in [1.82, 2.24) is 10.2 Å². The summed E-state index contributed by atoms with van der Waals surface area (Å²) in [5.41, 5.74) is 0.468. The summed E-state index contributed by atoms with van der Waals surface area (Å²) in [5.74, 6) is 1.70. The van der Waals surface area contributed by atoms with E-state index in [2.05, 4.69) is 44.8 Å². The molecule has 2 atom stereocenters. The number of rotatable bonds is 6. The zero-order valence-corrected chi connectivity index (χ0v) is 15.1. The van der Waals surface area contributed by atoms with Crippen LogP contribution in [0.15, 0.2) is 0 Å². The Hall–Kier alpha value is -0.0800. The Bertz CT molecular complexity index is 301. The number of nitrogens with one attached hydrogen (secondary N) is 1. The van der Waals surface area contributed by atoms with E-state index in [1.165, 1.54) is 58.2 Å². The number of hydrogen-bond acceptors (Lipinski definition) is 2. The summed E-state index contributed by atoms with van der Waals surface area (Å²) in [6.45, 7) is 15.7. The van der Waals surface area contributed by atoms with E-state index in [1.807, 2.05) is 0 Å². The third-order valence-corrected chi connectivity index (χ3v) is 5.21. The molecule has 1 heterocycles. The molecule has 124 valence electrons. The van der Waals surface area contributed by atoms with Gasteiger partial charge >= 0.3 is 0 Å². The van der Waals surface area contributed by atoms with Crippen LogP contribution >= 0.6 is 0 Å². The highest BCUT2D eigenvalue weighted by molar-refractivity contribution is 4.91. The van der Waals surface area contributed by atoms with Crippen LogP contribution in [0.2, 0.25) is 0 Å². The molecule has 1 saturated heterocycles. The first-order chi connectivity index (χ1) is 9.83. The highest BCUT2D eigenvalue weighted by Crippen LogP contribution is 2.34. The summed E-state index contributed by atoms with van der Waals surface area (Å²) >= 11 is 0. The van der Waals surface area contributed by atoms with Gasteiger partial charge in [0, 0.05) is 25.2 Å². The van der Waals surface area contributed by atoms with Crippen LogP contribution in [0.3, 0.4) is 0 Å². The largest absolute Gasteiger partial charge is 0.313 e. The highest BCUT2D eigenvalue weighted by atomic mass is 15.2. The summed E-state index contributed by atoms with van der Waals surface area (Å²) in [4.78, 5) is 2.82. The summed E-state index contributed by atoms with van der Waals surface area (Å²) in [5, 5.41) is 3.86. The minimum atomic E-state index is 0.468. The summed E-state index contributed by atoms with van der Waals surface area (Å²) < 4.78 is 0. The summed E-state index contributed by atoms with van der Waals surface area (Å²) in [6.07, 6.45) is 8.42. The summed E-state index contributed by atoms with van der Waals surface area (Å²) in [7, 11) is 0. The SMILES string of the molecule is CC(C)CCNC1CC(CC(C)(C)C)CN(C2CCC2)C1. The molecule has 0 radical (unpaired) electrons. The molecule has 2 rings (SSSR count). The van der Waals surface area contributed by atoms with Gasteiger partial charge in [0.2, 0.25) is 0 Å². The van der Waals surface area contributed by atoms with Gasteiger partial charge in [-0.15, -0.1) is 0 Å². The molecule has 1 N–H and O–H groups in total. The number of piperidine rings is 1. The third kappa shape index (κ3) is 5.90. The van der Waals surface area contributed by atoms with Crippen molar-refractivity contribution >= 4 is 0 Å². The normalized spacial score (nSPS) is 28.9. The second-order valence-corrected chi connectivity index (χ2v) is 9.24. The summed E-state index contributed by atoms with van der Waals surface area (Å²) in [6, 6.07) is 1.63. The zero-order valence-electron chi connectivity index (χ0n) is 15.1. The molecule has 0 aromatic heterocycles. The molecule has 1 aliphatic heterocycles. The van der Waals surface area contributed by atoms with Crippen molar-refractivity contribution in [3.63, 3.8) is 0 Å². The molecular formula is C19H38N2. The van der Waals surface area contributed by atoms with Gasteiger partial charge in [-0.2, -0.15) is 0 Å². The lowest BCUT2D eigenvalue weighted by atomic mass is 9.78. The first-order valence-corrected chi connectivity index (χ1v) is 9.31. The predicted molar refractivity (Wildman–Crippen MR) is 92.6 cm³/mol. The Kier molecular flexibility index (Phi) is 6.14. The van der Waals surface area contributed by atoms with Crippen molar-refractivity contribution in [2.24, 2.45) is 17.3 Å². The molecule has 0 spiro atoms. The van der Waals surface area contributed by atoms with Crippen molar-refractivity contribution in [1.29, 1.82) is 0 Å². The smallest absolute Gasteiger partial charge is 0.0198 e. The first-order valence-electron chi connectivity index (χ1n) is 9.31. The van der Waals surface area contributed by atoms with Crippen LogP contribution in [0.25, 0.3) is 0 Å². The molecule has 2 unspecified atom stereocenters. The Morgan fingerprint density at radius 2 is 1.86 bits per heavy atom. The standard InChI is InChI=1S/C19H38N2/c1-15(2)9-10-20-17-11-16(12-19(3,4)5)13-21(14-17)18-7-6-8-18/h15-18,20H,6-14H2,1-5H3.